The molecular weight excluding hydrogens is 575 g/mol. The molecule has 0 aliphatic carbocycles. The van der Waals surface area contributed by atoms with Gasteiger partial charge < -0.3 is 38.9 Å². The molecule has 2 aromatic rings. The summed E-state index contributed by atoms with van der Waals surface area (Å²) in [6.45, 7) is 4.70. The molecule has 1 atom stereocenters. The van der Waals surface area contributed by atoms with Gasteiger partial charge in [-0.25, -0.2) is 0 Å². The fourth-order valence-corrected chi connectivity index (χ4v) is 5.97. The van der Waals surface area contributed by atoms with E-state index in [1.54, 1.807) is 12.1 Å². The maximum Gasteiger partial charge on any atom is 0.305 e. The fraction of sp³-hybridized carbons (Fsp3) is 0.458. The quantitative estimate of drug-likeness (QED) is 0.246. The molecule has 0 fully saturated rings. The molecule has 0 spiro atoms. The summed E-state index contributed by atoms with van der Waals surface area (Å²) in [5.74, 6) is -0.583. The molecule has 9 heteroatoms. The van der Waals surface area contributed by atoms with Crippen LogP contribution in [0.15, 0.2) is 24.3 Å². The second-order valence-corrected chi connectivity index (χ2v) is 10.2. The van der Waals surface area contributed by atoms with Crippen LogP contribution in [-0.4, -0.2) is 48.9 Å². The molecule has 2 heterocycles. The smallest absolute Gasteiger partial charge is 0.305 e. The van der Waals surface area contributed by atoms with E-state index < -0.39 is 5.91 Å². The lowest BCUT2D eigenvalue weighted by molar-refractivity contribution is -0.924. The number of Topliss-reactive ketones (excluding diaryl/α,β-unsaturated/α-hetero) is 1. The van der Waals surface area contributed by atoms with Crippen molar-refractivity contribution in [1.29, 1.82) is 0 Å². The molecule has 0 radical (unpaired) electrons. The number of benzene rings is 1. The van der Waals surface area contributed by atoms with Gasteiger partial charge in [0.2, 0.25) is 5.91 Å². The van der Waals surface area contributed by atoms with Crippen molar-refractivity contribution in [3.8, 4) is 0 Å². The second-order valence-electron chi connectivity index (χ2n) is 8.57. The topological polar surface area (TPSA) is 86.5 Å². The number of hydrogen-bond donors (Lipinski definition) is 1. The lowest BCUT2D eigenvalue weighted by Gasteiger charge is -2.37. The first-order valence-electron chi connectivity index (χ1n) is 10.9. The highest BCUT2D eigenvalue weighted by atomic mass is 127. The molecule has 33 heavy (non-hydrogen) atoms. The van der Waals surface area contributed by atoms with E-state index in [1.807, 2.05) is 19.1 Å². The summed E-state index contributed by atoms with van der Waals surface area (Å²) < 4.78 is 5.81. The Hall–Kier alpha value is -1.49. The van der Waals surface area contributed by atoms with Crippen LogP contribution in [0.5, 0.6) is 0 Å². The lowest BCUT2D eigenvalue weighted by Crippen LogP contribution is -3.00. The van der Waals surface area contributed by atoms with Crippen LogP contribution in [0.1, 0.15) is 51.0 Å². The van der Waals surface area contributed by atoms with E-state index in [4.69, 9.17) is 22.1 Å². The third-order valence-corrected chi connectivity index (χ3v) is 7.36. The maximum absolute atomic E-state index is 12.7. The van der Waals surface area contributed by atoms with Gasteiger partial charge in [-0.05, 0) is 30.2 Å². The van der Waals surface area contributed by atoms with E-state index >= 15 is 0 Å². The predicted molar refractivity (Wildman–Crippen MR) is 126 cm³/mol. The van der Waals surface area contributed by atoms with E-state index in [0.29, 0.717) is 30.0 Å². The first-order valence-corrected chi connectivity index (χ1v) is 12.1. The molecule has 180 valence electrons. The van der Waals surface area contributed by atoms with Crippen LogP contribution in [0.25, 0.3) is 0 Å². The molecule has 1 aromatic carbocycles. The van der Waals surface area contributed by atoms with Gasteiger partial charge in [0.1, 0.15) is 12.3 Å². The van der Waals surface area contributed by atoms with Crippen molar-refractivity contribution in [2.45, 2.75) is 45.6 Å². The SMILES string of the molecule is CCOC(=O)CCC[N+]1(C)CCc2c(sc(CC(=O)Cc3ccc(Cl)cc3)c2C(N)=O)C1.[I-]. The van der Waals surface area contributed by atoms with Crippen LogP contribution in [0.3, 0.4) is 0 Å². The van der Waals surface area contributed by atoms with Gasteiger partial charge in [-0.2, -0.15) is 0 Å². The Morgan fingerprint density at radius 2 is 1.88 bits per heavy atom. The number of carbonyl (C=O) groups is 3. The number of primary amides is 1. The van der Waals surface area contributed by atoms with Crippen LogP contribution in [-0.2, 0) is 40.1 Å². The van der Waals surface area contributed by atoms with E-state index in [-0.39, 0.29) is 42.2 Å². The summed E-state index contributed by atoms with van der Waals surface area (Å²) in [5.41, 5.74) is 8.15. The van der Waals surface area contributed by atoms with Gasteiger partial charge in [0, 0.05) is 35.6 Å². The third-order valence-electron chi connectivity index (χ3n) is 5.89. The van der Waals surface area contributed by atoms with Crippen molar-refractivity contribution < 1.29 is 47.6 Å². The van der Waals surface area contributed by atoms with E-state index in [2.05, 4.69) is 7.05 Å². The zero-order valence-corrected chi connectivity index (χ0v) is 22.7. The van der Waals surface area contributed by atoms with Crippen molar-refractivity contribution in [1.82, 2.24) is 0 Å². The summed E-state index contributed by atoms with van der Waals surface area (Å²) in [6, 6.07) is 7.22. The summed E-state index contributed by atoms with van der Waals surface area (Å²) in [5, 5.41) is 0.631. The Bertz CT molecular complexity index is 1010. The molecule has 0 saturated heterocycles. The number of likely N-dealkylation sites (N-methyl/N-ethyl adjacent to an activating group) is 1. The molecule has 6 nitrogen and oxygen atoms in total. The van der Waals surface area contributed by atoms with Crippen LogP contribution >= 0.6 is 22.9 Å². The molecule has 1 aliphatic heterocycles. The number of ether oxygens (including phenoxy) is 1. The lowest BCUT2D eigenvalue weighted by atomic mass is 9.97. The second kappa shape index (κ2) is 12.3. The summed E-state index contributed by atoms with van der Waals surface area (Å²) >= 11 is 7.45. The summed E-state index contributed by atoms with van der Waals surface area (Å²) in [6.07, 6.45) is 2.40. The monoisotopic (exact) mass is 604 g/mol. The number of hydrogen-bond acceptors (Lipinski definition) is 5. The number of thiophene rings is 1. The van der Waals surface area contributed by atoms with Crippen molar-refractivity contribution >= 4 is 40.6 Å². The minimum absolute atomic E-state index is 0. The Morgan fingerprint density at radius 3 is 2.52 bits per heavy atom. The number of amides is 1. The van der Waals surface area contributed by atoms with Crippen molar-refractivity contribution in [2.75, 3.05) is 26.7 Å². The van der Waals surface area contributed by atoms with Gasteiger partial charge in [0.25, 0.3) is 0 Å². The number of carbonyl (C=O) groups excluding carboxylic acids is 3. The van der Waals surface area contributed by atoms with E-state index in [0.717, 1.165) is 57.8 Å². The molecule has 0 saturated carbocycles. The Labute approximate surface area is 221 Å². The van der Waals surface area contributed by atoms with Gasteiger partial charge in [-0.3, -0.25) is 14.4 Å². The molecule has 1 amide bonds. The number of nitrogens with two attached hydrogens (primary N) is 1. The number of rotatable bonds is 10. The number of ketones is 1. The summed E-state index contributed by atoms with van der Waals surface area (Å²) in [4.78, 5) is 38.5. The Kier molecular flexibility index (Phi) is 10.3. The molecule has 1 unspecified atom stereocenters. The number of quaternary nitrogens is 1. The third kappa shape index (κ3) is 7.50. The first-order chi connectivity index (χ1) is 15.2. The minimum atomic E-state index is -0.463. The Balaban J connectivity index is 0.00000385. The molecule has 3 rings (SSSR count). The highest BCUT2D eigenvalue weighted by molar-refractivity contribution is 7.12. The van der Waals surface area contributed by atoms with Crippen molar-refractivity contribution in [3.05, 3.63) is 55.7 Å². The van der Waals surface area contributed by atoms with Gasteiger partial charge >= 0.3 is 5.97 Å². The van der Waals surface area contributed by atoms with Crippen LogP contribution in [0, 0.1) is 0 Å². The summed E-state index contributed by atoms with van der Waals surface area (Å²) in [7, 11) is 2.17. The van der Waals surface area contributed by atoms with Crippen molar-refractivity contribution in [2.24, 2.45) is 5.73 Å². The largest absolute Gasteiger partial charge is 1.00 e. The zero-order valence-electron chi connectivity index (χ0n) is 19.0. The van der Waals surface area contributed by atoms with E-state index in [9.17, 15) is 14.4 Å². The zero-order chi connectivity index (χ0) is 23.3. The van der Waals surface area contributed by atoms with Crippen LogP contribution in [0.4, 0.5) is 0 Å². The maximum atomic E-state index is 12.7. The van der Waals surface area contributed by atoms with Gasteiger partial charge in [-0.1, -0.05) is 23.7 Å². The van der Waals surface area contributed by atoms with Gasteiger partial charge in [-0.15, -0.1) is 11.3 Å². The standard InChI is InChI=1S/C24H29ClN2O4S.HI/c1-3-31-22(29)5-4-11-27(2)12-10-19-21(15-27)32-20(23(19)24(26)30)14-18(28)13-16-6-8-17(25)9-7-16;/h6-9H,3-5,10-15H2,1-2H3,(H-,26,30);1H. The number of halogens is 2. The molecular formula is C24H30ClIN2O4S. The minimum Gasteiger partial charge on any atom is -1.00 e. The van der Waals surface area contributed by atoms with Crippen LogP contribution in [0.2, 0.25) is 5.02 Å². The van der Waals surface area contributed by atoms with E-state index in [1.165, 1.54) is 11.3 Å². The van der Waals surface area contributed by atoms with Gasteiger partial charge in [0.05, 0.1) is 43.6 Å². The molecule has 2 N–H and O–H groups in total. The van der Waals surface area contributed by atoms with Gasteiger partial charge in [0.15, 0.2) is 0 Å². The molecule has 0 bridgehead atoms. The number of esters is 1. The average Bonchev–Trinajstić information content (AvgIpc) is 3.06. The molecule has 1 aliphatic rings. The highest BCUT2D eigenvalue weighted by Crippen LogP contribution is 2.36. The van der Waals surface area contributed by atoms with Crippen molar-refractivity contribution in [3.63, 3.8) is 0 Å². The fourth-order valence-electron chi connectivity index (χ4n) is 4.28. The first kappa shape index (κ1) is 27.8. The molecule has 1 aromatic heterocycles. The average molecular weight is 605 g/mol. The number of nitrogens with zero attached hydrogens (tertiary/aromatic N) is 1. The Morgan fingerprint density at radius 1 is 1.18 bits per heavy atom. The highest BCUT2D eigenvalue weighted by Gasteiger charge is 2.34. The van der Waals surface area contributed by atoms with Crippen LogP contribution < -0.4 is 29.7 Å². The predicted octanol–water partition coefficient (Wildman–Crippen LogP) is 0.705. The normalized spacial score (nSPS) is 17.1. The number of fused-ring (bicyclic) bond motifs is 1.